The topological polar surface area (TPSA) is 90.4 Å². The van der Waals surface area contributed by atoms with Gasteiger partial charge in [0, 0.05) is 0 Å². The van der Waals surface area contributed by atoms with Gasteiger partial charge in [0.05, 0.1) is 18.8 Å². The molecule has 20 heavy (non-hydrogen) atoms. The summed E-state index contributed by atoms with van der Waals surface area (Å²) < 4.78 is 10.2. The van der Waals surface area contributed by atoms with Crippen LogP contribution >= 0.6 is 0 Å². The first kappa shape index (κ1) is 13.9. The molecule has 1 atom stereocenters. The second-order valence-corrected chi connectivity index (χ2v) is 4.44. The zero-order valence-corrected chi connectivity index (χ0v) is 11.6. The number of pyridine rings is 1. The summed E-state index contributed by atoms with van der Waals surface area (Å²) in [6, 6.07) is 6.78. The lowest BCUT2D eigenvalue weighted by molar-refractivity contribution is 0.0594. The molecule has 0 radical (unpaired) electrons. The number of rotatable bonds is 4. The van der Waals surface area contributed by atoms with E-state index in [1.165, 1.54) is 13.2 Å². The molecule has 2 heterocycles. The van der Waals surface area contributed by atoms with Crippen molar-refractivity contribution < 1.29 is 13.9 Å². The second kappa shape index (κ2) is 5.64. The lowest BCUT2D eigenvalue weighted by atomic mass is 10.2. The summed E-state index contributed by atoms with van der Waals surface area (Å²) in [6.45, 7) is 3.80. The van der Waals surface area contributed by atoms with Crippen LogP contribution in [-0.4, -0.2) is 18.1 Å². The van der Waals surface area contributed by atoms with E-state index in [2.05, 4.69) is 15.0 Å². The van der Waals surface area contributed by atoms with Gasteiger partial charge in [-0.25, -0.2) is 9.78 Å². The molecule has 6 nitrogen and oxygen atoms in total. The van der Waals surface area contributed by atoms with Crippen LogP contribution in [0.2, 0.25) is 0 Å². The maximum absolute atomic E-state index is 11.5. The zero-order valence-electron chi connectivity index (χ0n) is 11.6. The fourth-order valence-electron chi connectivity index (χ4n) is 1.77. The lowest BCUT2D eigenvalue weighted by Crippen LogP contribution is -2.12. The summed E-state index contributed by atoms with van der Waals surface area (Å²) in [5, 5.41) is 3.12. The number of aromatic nitrogens is 1. The minimum absolute atomic E-state index is 0.119. The van der Waals surface area contributed by atoms with Crippen molar-refractivity contribution in [2.75, 3.05) is 18.2 Å². The fourth-order valence-corrected chi connectivity index (χ4v) is 1.77. The number of nitrogens with two attached hydrogens (primary N) is 1. The van der Waals surface area contributed by atoms with E-state index in [9.17, 15) is 4.79 Å². The first-order valence-electron chi connectivity index (χ1n) is 6.19. The van der Waals surface area contributed by atoms with Gasteiger partial charge in [-0.15, -0.1) is 0 Å². The van der Waals surface area contributed by atoms with E-state index in [0.29, 0.717) is 11.5 Å². The standard InChI is InChI=1S/C14H17N3O3/c1-8-4-7-12(20-8)9(2)16-13-10(15)5-6-11(17-13)14(18)19-3/h4-7,9H,15H2,1-3H3,(H,16,17). The Hall–Kier alpha value is -2.50. The number of nitrogens with one attached hydrogen (secondary N) is 1. The number of nitrogens with zero attached hydrogens (tertiary/aromatic N) is 1. The molecule has 6 heteroatoms. The molecule has 2 aromatic rings. The predicted molar refractivity (Wildman–Crippen MR) is 75.5 cm³/mol. The van der Waals surface area contributed by atoms with E-state index in [1.807, 2.05) is 26.0 Å². The highest BCUT2D eigenvalue weighted by atomic mass is 16.5. The van der Waals surface area contributed by atoms with Crippen LogP contribution in [0.25, 0.3) is 0 Å². The van der Waals surface area contributed by atoms with Gasteiger partial charge in [0.25, 0.3) is 0 Å². The molecule has 106 valence electrons. The normalized spacial score (nSPS) is 11.9. The smallest absolute Gasteiger partial charge is 0.356 e. The fraction of sp³-hybridized carbons (Fsp3) is 0.286. The van der Waals surface area contributed by atoms with Crippen LogP contribution in [0.1, 0.15) is 35.0 Å². The average molecular weight is 275 g/mol. The van der Waals surface area contributed by atoms with Crippen LogP contribution in [0.4, 0.5) is 11.5 Å². The summed E-state index contributed by atoms with van der Waals surface area (Å²) >= 11 is 0. The van der Waals surface area contributed by atoms with Crippen molar-refractivity contribution in [3.05, 3.63) is 41.5 Å². The molecule has 0 aliphatic heterocycles. The van der Waals surface area contributed by atoms with Crippen LogP contribution in [0.15, 0.2) is 28.7 Å². The summed E-state index contributed by atoms with van der Waals surface area (Å²) in [6.07, 6.45) is 0. The Morgan fingerprint density at radius 1 is 1.40 bits per heavy atom. The van der Waals surface area contributed by atoms with Crippen LogP contribution in [0, 0.1) is 6.92 Å². The van der Waals surface area contributed by atoms with E-state index in [4.69, 9.17) is 10.2 Å². The number of furan rings is 1. The first-order valence-corrected chi connectivity index (χ1v) is 6.19. The number of carbonyl (C=O) groups excluding carboxylic acids is 1. The molecule has 2 aromatic heterocycles. The third kappa shape index (κ3) is 2.90. The quantitative estimate of drug-likeness (QED) is 0.833. The average Bonchev–Trinajstić information content (AvgIpc) is 2.87. The van der Waals surface area contributed by atoms with Gasteiger partial charge in [-0.3, -0.25) is 0 Å². The predicted octanol–water partition coefficient (Wildman–Crippen LogP) is 2.52. The number of carbonyl (C=O) groups is 1. The Labute approximate surface area is 116 Å². The van der Waals surface area contributed by atoms with Crippen LogP contribution in [-0.2, 0) is 4.74 Å². The Balaban J connectivity index is 2.22. The number of ether oxygens (including phenoxy) is 1. The first-order chi connectivity index (χ1) is 9.51. The largest absolute Gasteiger partial charge is 0.464 e. The Bertz CT molecular complexity index is 622. The Morgan fingerprint density at radius 3 is 2.75 bits per heavy atom. The van der Waals surface area contributed by atoms with Crippen LogP contribution < -0.4 is 11.1 Å². The monoisotopic (exact) mass is 275 g/mol. The van der Waals surface area contributed by atoms with Crippen molar-refractivity contribution in [3.63, 3.8) is 0 Å². The summed E-state index contributed by atoms with van der Waals surface area (Å²) in [5.74, 6) is 1.52. The molecule has 0 aliphatic carbocycles. The highest BCUT2D eigenvalue weighted by Gasteiger charge is 2.14. The molecule has 3 N–H and O–H groups in total. The molecule has 0 amide bonds. The minimum atomic E-state index is -0.505. The van der Waals surface area contributed by atoms with Crippen molar-refractivity contribution in [3.8, 4) is 0 Å². The maximum Gasteiger partial charge on any atom is 0.356 e. The molecule has 0 fully saturated rings. The van der Waals surface area contributed by atoms with Crippen LogP contribution in [0.3, 0.4) is 0 Å². The highest BCUT2D eigenvalue weighted by molar-refractivity contribution is 5.88. The molecule has 0 bridgehead atoms. The minimum Gasteiger partial charge on any atom is -0.464 e. The van der Waals surface area contributed by atoms with E-state index in [-0.39, 0.29) is 11.7 Å². The lowest BCUT2D eigenvalue weighted by Gasteiger charge is -2.14. The van der Waals surface area contributed by atoms with E-state index >= 15 is 0 Å². The van der Waals surface area contributed by atoms with Gasteiger partial charge in [-0.1, -0.05) is 0 Å². The summed E-state index contributed by atoms with van der Waals surface area (Å²) in [7, 11) is 1.31. The van der Waals surface area contributed by atoms with Gasteiger partial charge >= 0.3 is 5.97 Å². The van der Waals surface area contributed by atoms with Gasteiger partial charge in [-0.05, 0) is 38.1 Å². The third-order valence-electron chi connectivity index (χ3n) is 2.86. The molecule has 0 aromatic carbocycles. The number of hydrogen-bond acceptors (Lipinski definition) is 6. The number of hydrogen-bond donors (Lipinski definition) is 2. The second-order valence-electron chi connectivity index (χ2n) is 4.44. The molecule has 0 aliphatic rings. The zero-order chi connectivity index (χ0) is 14.7. The van der Waals surface area contributed by atoms with Crippen molar-refractivity contribution in [2.45, 2.75) is 19.9 Å². The Morgan fingerprint density at radius 2 is 2.15 bits per heavy atom. The van der Waals surface area contributed by atoms with Crippen LogP contribution in [0.5, 0.6) is 0 Å². The molecule has 1 unspecified atom stereocenters. The SMILES string of the molecule is COC(=O)c1ccc(N)c(NC(C)c2ccc(C)o2)n1. The molecule has 0 saturated carbocycles. The Kier molecular flexibility index (Phi) is 3.93. The number of esters is 1. The van der Waals surface area contributed by atoms with Crippen molar-refractivity contribution >= 4 is 17.5 Å². The number of anilines is 2. The molecule has 0 spiro atoms. The number of aryl methyl sites for hydroxylation is 1. The number of nitrogen functional groups attached to an aromatic ring is 1. The van der Waals surface area contributed by atoms with Gasteiger partial charge in [0.15, 0.2) is 11.5 Å². The van der Waals surface area contributed by atoms with E-state index < -0.39 is 5.97 Å². The van der Waals surface area contributed by atoms with E-state index in [1.54, 1.807) is 6.07 Å². The molecule has 2 rings (SSSR count). The van der Waals surface area contributed by atoms with Crippen molar-refractivity contribution in [1.82, 2.24) is 4.98 Å². The molecular formula is C14H17N3O3. The maximum atomic E-state index is 11.5. The summed E-state index contributed by atoms with van der Waals surface area (Å²) in [4.78, 5) is 15.6. The number of methoxy groups -OCH3 is 1. The third-order valence-corrected chi connectivity index (χ3v) is 2.86. The van der Waals surface area contributed by atoms with E-state index in [0.717, 1.165) is 11.5 Å². The van der Waals surface area contributed by atoms with Crippen molar-refractivity contribution in [2.24, 2.45) is 0 Å². The van der Waals surface area contributed by atoms with Crippen molar-refractivity contribution in [1.29, 1.82) is 0 Å². The van der Waals surface area contributed by atoms with Gasteiger partial charge < -0.3 is 20.2 Å². The molecule has 0 saturated heterocycles. The summed E-state index contributed by atoms with van der Waals surface area (Å²) in [5.41, 5.74) is 6.51. The molecular weight excluding hydrogens is 258 g/mol. The highest BCUT2D eigenvalue weighted by Crippen LogP contribution is 2.24. The van der Waals surface area contributed by atoms with Gasteiger partial charge in [-0.2, -0.15) is 0 Å². The van der Waals surface area contributed by atoms with Gasteiger partial charge in [0.2, 0.25) is 0 Å². The van der Waals surface area contributed by atoms with Gasteiger partial charge in [0.1, 0.15) is 11.5 Å².